The third-order valence-corrected chi connectivity index (χ3v) is 6.08. The third-order valence-electron chi connectivity index (χ3n) is 6.08. The molecular weight excluding hydrogens is 368 g/mol. The number of rotatable bonds is 4. The summed E-state index contributed by atoms with van der Waals surface area (Å²) in [6.07, 6.45) is 1.03. The maximum Gasteiger partial charge on any atom is 0.321 e. The molecule has 29 heavy (non-hydrogen) atoms. The van der Waals surface area contributed by atoms with Gasteiger partial charge in [-0.15, -0.1) is 5.10 Å². The molecule has 0 bridgehead atoms. The average Bonchev–Trinajstić information content (AvgIpc) is 3.38. The Morgan fingerprint density at radius 2 is 1.90 bits per heavy atom. The topological polar surface area (TPSA) is 82.4 Å². The normalized spacial score (nSPS) is 21.1. The summed E-state index contributed by atoms with van der Waals surface area (Å²) in [5.74, 6) is 0.628. The quantitative estimate of drug-likeness (QED) is 0.841. The molecule has 0 aliphatic carbocycles. The van der Waals surface area contributed by atoms with Gasteiger partial charge in [0.25, 0.3) is 0 Å². The van der Waals surface area contributed by atoms with Crippen molar-refractivity contribution in [2.75, 3.05) is 44.6 Å². The summed E-state index contributed by atoms with van der Waals surface area (Å²) in [5.41, 5.74) is 1.54. The molecule has 9 heteroatoms. The lowest BCUT2D eigenvalue weighted by Gasteiger charge is -2.39. The third kappa shape index (κ3) is 4.25. The zero-order valence-corrected chi connectivity index (χ0v) is 17.5. The number of benzene rings is 1. The van der Waals surface area contributed by atoms with Crippen molar-refractivity contribution in [3.8, 4) is 11.4 Å². The van der Waals surface area contributed by atoms with E-state index in [4.69, 9.17) is 0 Å². The maximum absolute atomic E-state index is 12.9. The van der Waals surface area contributed by atoms with Crippen LogP contribution >= 0.6 is 0 Å². The van der Waals surface area contributed by atoms with Crippen LogP contribution in [0.5, 0.6) is 0 Å². The van der Waals surface area contributed by atoms with E-state index in [0.717, 1.165) is 56.9 Å². The lowest BCUT2D eigenvalue weighted by molar-refractivity contribution is 0.0812. The summed E-state index contributed by atoms with van der Waals surface area (Å²) >= 11 is 0. The largest absolute Gasteiger partial charge is 0.323 e. The molecule has 2 saturated heterocycles. The van der Waals surface area contributed by atoms with Crippen molar-refractivity contribution in [1.82, 2.24) is 34.9 Å². The molecular formula is C20H30N8O. The van der Waals surface area contributed by atoms with Crippen LogP contribution in [0.15, 0.2) is 24.3 Å². The molecule has 1 aromatic heterocycles. The first-order chi connectivity index (χ1) is 14.0. The fraction of sp³-hybridized carbons (Fsp3) is 0.600. The van der Waals surface area contributed by atoms with E-state index in [1.165, 1.54) is 0 Å². The van der Waals surface area contributed by atoms with Crippen LogP contribution in [0.25, 0.3) is 11.4 Å². The van der Waals surface area contributed by atoms with Crippen molar-refractivity contribution < 1.29 is 4.79 Å². The second-order valence-electron chi connectivity index (χ2n) is 8.16. The van der Waals surface area contributed by atoms with Crippen molar-refractivity contribution in [3.63, 3.8) is 0 Å². The fourth-order valence-electron chi connectivity index (χ4n) is 4.28. The number of carbonyl (C=O) groups excluding carboxylic acids is 1. The van der Waals surface area contributed by atoms with Gasteiger partial charge in [-0.2, -0.15) is 0 Å². The minimum Gasteiger partial charge on any atom is -0.323 e. The highest BCUT2D eigenvalue weighted by atomic mass is 16.2. The van der Waals surface area contributed by atoms with Gasteiger partial charge < -0.3 is 10.2 Å². The van der Waals surface area contributed by atoms with Crippen LogP contribution < -0.4 is 5.32 Å². The number of nitrogens with zero attached hydrogens (tertiary/aromatic N) is 7. The predicted octanol–water partition coefficient (Wildman–Crippen LogP) is 1.51. The van der Waals surface area contributed by atoms with Crippen molar-refractivity contribution in [2.24, 2.45) is 7.05 Å². The molecule has 156 valence electrons. The number of urea groups is 1. The van der Waals surface area contributed by atoms with Gasteiger partial charge in [0.05, 0.1) is 5.69 Å². The molecule has 0 radical (unpaired) electrons. The molecule has 1 N–H and O–H groups in total. The monoisotopic (exact) mass is 398 g/mol. The molecule has 3 heterocycles. The highest BCUT2D eigenvalue weighted by molar-refractivity contribution is 5.93. The summed E-state index contributed by atoms with van der Waals surface area (Å²) in [5, 5.41) is 14.7. The number of piperazine rings is 1. The summed E-state index contributed by atoms with van der Waals surface area (Å²) in [6, 6.07) is 8.63. The number of carbonyl (C=O) groups is 1. The van der Waals surface area contributed by atoms with E-state index in [-0.39, 0.29) is 6.03 Å². The van der Waals surface area contributed by atoms with Gasteiger partial charge in [0.1, 0.15) is 0 Å². The molecule has 2 fully saturated rings. The number of aromatic nitrogens is 4. The van der Waals surface area contributed by atoms with Crippen molar-refractivity contribution in [3.05, 3.63) is 24.3 Å². The number of anilines is 1. The molecule has 2 aliphatic heterocycles. The molecule has 2 aromatic rings. The molecule has 4 rings (SSSR count). The Morgan fingerprint density at radius 3 is 2.59 bits per heavy atom. The molecule has 2 aliphatic rings. The van der Waals surface area contributed by atoms with Crippen LogP contribution in [0.1, 0.15) is 20.3 Å². The smallest absolute Gasteiger partial charge is 0.321 e. The predicted molar refractivity (Wildman–Crippen MR) is 112 cm³/mol. The average molecular weight is 399 g/mol. The van der Waals surface area contributed by atoms with Gasteiger partial charge in [-0.1, -0.05) is 12.1 Å². The van der Waals surface area contributed by atoms with Crippen LogP contribution in [0.3, 0.4) is 0 Å². The first-order valence-corrected chi connectivity index (χ1v) is 10.4. The van der Waals surface area contributed by atoms with Crippen LogP contribution in [-0.2, 0) is 7.05 Å². The molecule has 1 aromatic carbocycles. The first kappa shape index (κ1) is 19.8. The van der Waals surface area contributed by atoms with E-state index in [9.17, 15) is 4.79 Å². The van der Waals surface area contributed by atoms with E-state index in [1.54, 1.807) is 11.7 Å². The van der Waals surface area contributed by atoms with E-state index < -0.39 is 0 Å². The van der Waals surface area contributed by atoms with Crippen LogP contribution in [0, 0.1) is 0 Å². The van der Waals surface area contributed by atoms with Gasteiger partial charge in [-0.25, -0.2) is 9.48 Å². The Balaban J connectivity index is 1.37. The van der Waals surface area contributed by atoms with Crippen molar-refractivity contribution >= 4 is 11.7 Å². The number of para-hydroxylation sites is 1. The van der Waals surface area contributed by atoms with Crippen molar-refractivity contribution in [2.45, 2.75) is 32.4 Å². The van der Waals surface area contributed by atoms with Gasteiger partial charge in [-0.05, 0) is 42.8 Å². The molecule has 0 spiro atoms. The molecule has 1 unspecified atom stereocenters. The minimum atomic E-state index is -0.0594. The Labute approximate surface area is 171 Å². The van der Waals surface area contributed by atoms with E-state index >= 15 is 0 Å². The van der Waals surface area contributed by atoms with Gasteiger partial charge in [0.2, 0.25) is 0 Å². The number of tetrazole rings is 1. The maximum atomic E-state index is 12.9. The standard InChI is InChI=1S/C20H30N8O/c1-15(2)26-10-12-27(13-11-26)16-8-9-28(14-16)20(29)21-18-7-5-4-6-17(18)19-22-23-24-25(19)3/h4-7,15-16H,8-14H2,1-3H3,(H,21,29). The van der Waals surface area contributed by atoms with Gasteiger partial charge in [-0.3, -0.25) is 9.80 Å². The number of hydrogen-bond acceptors (Lipinski definition) is 6. The van der Waals surface area contributed by atoms with E-state index in [2.05, 4.69) is 44.5 Å². The molecule has 2 amide bonds. The highest BCUT2D eigenvalue weighted by Gasteiger charge is 2.32. The first-order valence-electron chi connectivity index (χ1n) is 10.4. The summed E-state index contributed by atoms with van der Waals surface area (Å²) in [6.45, 7) is 10.5. The van der Waals surface area contributed by atoms with E-state index in [1.807, 2.05) is 29.2 Å². The SMILES string of the molecule is CC(C)N1CCN(C2CCN(C(=O)Nc3ccccc3-c3nnnn3C)C2)CC1. The van der Waals surface area contributed by atoms with Gasteiger partial charge >= 0.3 is 6.03 Å². The zero-order chi connectivity index (χ0) is 20.4. The fourth-order valence-corrected chi connectivity index (χ4v) is 4.28. The van der Waals surface area contributed by atoms with Gasteiger partial charge in [0, 0.05) is 64.0 Å². The summed E-state index contributed by atoms with van der Waals surface area (Å²) < 4.78 is 1.60. The number of amides is 2. The molecule has 1 atom stereocenters. The van der Waals surface area contributed by atoms with Crippen LogP contribution in [0.2, 0.25) is 0 Å². The lowest BCUT2D eigenvalue weighted by Crippen LogP contribution is -2.52. The number of aryl methyl sites for hydroxylation is 1. The van der Waals surface area contributed by atoms with Crippen LogP contribution in [0.4, 0.5) is 10.5 Å². The zero-order valence-electron chi connectivity index (χ0n) is 17.5. The van der Waals surface area contributed by atoms with E-state index in [0.29, 0.717) is 17.9 Å². The summed E-state index contributed by atoms with van der Waals surface area (Å²) in [4.78, 5) is 19.9. The summed E-state index contributed by atoms with van der Waals surface area (Å²) in [7, 11) is 1.79. The Morgan fingerprint density at radius 1 is 1.14 bits per heavy atom. The molecule has 0 saturated carbocycles. The van der Waals surface area contributed by atoms with Gasteiger partial charge in [0.15, 0.2) is 5.82 Å². The number of nitrogens with one attached hydrogen (secondary N) is 1. The Kier molecular flexibility index (Phi) is 5.77. The number of hydrogen-bond donors (Lipinski definition) is 1. The molecule has 9 nitrogen and oxygen atoms in total. The van der Waals surface area contributed by atoms with Crippen molar-refractivity contribution in [1.29, 1.82) is 0 Å². The lowest BCUT2D eigenvalue weighted by atomic mass is 10.1. The Bertz CT molecular complexity index is 843. The minimum absolute atomic E-state index is 0.0594. The second kappa shape index (κ2) is 8.46. The second-order valence-corrected chi connectivity index (χ2v) is 8.16. The Hall–Kier alpha value is -2.52. The highest BCUT2D eigenvalue weighted by Crippen LogP contribution is 2.26. The van der Waals surface area contributed by atoms with Crippen LogP contribution in [-0.4, -0.2) is 92.3 Å². The number of likely N-dealkylation sites (tertiary alicyclic amines) is 1.